The maximum atomic E-state index is 10.8. The molecule has 3 aliphatic rings. The quantitative estimate of drug-likeness (QED) is 0.717. The first-order valence-electron chi connectivity index (χ1n) is 10.7. The van der Waals surface area contributed by atoms with Crippen molar-refractivity contribution in [2.45, 2.75) is 19.4 Å². The van der Waals surface area contributed by atoms with Gasteiger partial charge in [-0.2, -0.15) is 5.26 Å². The summed E-state index contributed by atoms with van der Waals surface area (Å²) in [7, 11) is -1.31. The van der Waals surface area contributed by atoms with Gasteiger partial charge in [-0.3, -0.25) is 22.6 Å². The molecule has 0 spiro atoms. The minimum absolute atomic E-state index is 0.535. The highest BCUT2D eigenvalue weighted by Crippen LogP contribution is 2.61. The molecule has 0 amide bonds. The van der Waals surface area contributed by atoms with E-state index in [0.29, 0.717) is 18.0 Å². The Morgan fingerprint density at radius 2 is 1.87 bits per heavy atom. The molecule has 164 valence electrons. The molecule has 2 aromatic rings. The Kier molecular flexibility index (Phi) is 5.32. The van der Waals surface area contributed by atoms with Gasteiger partial charge in [0, 0.05) is 33.2 Å². The highest BCUT2D eigenvalue weighted by molar-refractivity contribution is 8.26. The molecule has 5 rings (SSSR count). The van der Waals surface area contributed by atoms with Crippen LogP contribution in [0, 0.1) is 17.2 Å². The lowest BCUT2D eigenvalue weighted by Gasteiger charge is -2.42. The summed E-state index contributed by atoms with van der Waals surface area (Å²) in [6.45, 7) is 4.82. The fourth-order valence-electron chi connectivity index (χ4n) is 4.34. The SMILES string of the molecule is CN1c2cc(-c3cc(CN4CCOCC4)ccc3C#N)ccc2N(CC2CC2)S1(O)O. The highest BCUT2D eigenvalue weighted by Gasteiger charge is 2.41. The average molecular weight is 441 g/mol. The molecule has 1 saturated carbocycles. The normalized spacial score (nSPS) is 21.6. The van der Waals surface area contributed by atoms with Crippen LogP contribution < -0.4 is 8.61 Å². The third-order valence-electron chi connectivity index (χ3n) is 6.39. The van der Waals surface area contributed by atoms with Crippen LogP contribution in [0.5, 0.6) is 0 Å². The number of morpholine rings is 1. The smallest absolute Gasteiger partial charge is 0.0998 e. The van der Waals surface area contributed by atoms with Crippen molar-refractivity contribution >= 4 is 22.3 Å². The molecule has 0 bridgehead atoms. The van der Waals surface area contributed by atoms with Gasteiger partial charge in [-0.1, -0.05) is 12.1 Å². The minimum Gasteiger partial charge on any atom is -0.379 e. The van der Waals surface area contributed by atoms with E-state index in [0.717, 1.165) is 73.8 Å². The van der Waals surface area contributed by atoms with E-state index >= 15 is 0 Å². The Bertz CT molecular complexity index is 1030. The molecule has 2 heterocycles. The van der Waals surface area contributed by atoms with Crippen LogP contribution in [-0.2, 0) is 11.3 Å². The highest BCUT2D eigenvalue weighted by atomic mass is 32.3. The van der Waals surface area contributed by atoms with Crippen LogP contribution in [0.1, 0.15) is 24.0 Å². The van der Waals surface area contributed by atoms with Crippen molar-refractivity contribution < 1.29 is 13.8 Å². The maximum absolute atomic E-state index is 10.8. The lowest BCUT2D eigenvalue weighted by molar-refractivity contribution is 0.0342. The lowest BCUT2D eigenvalue weighted by atomic mass is 9.96. The standard InChI is InChI=1S/C23H28N4O3S/c1-25-23-13-19(6-7-22(23)27(31(25,28)29)16-17-2-3-17)21-12-18(4-5-20(21)14-24)15-26-8-10-30-11-9-26/h4-7,12-13,17,28-29H,2-3,8-11,15-16H2,1H3. The molecule has 0 radical (unpaired) electrons. The third kappa shape index (κ3) is 3.88. The number of ether oxygens (including phenoxy) is 1. The van der Waals surface area contributed by atoms with Gasteiger partial charge in [0.15, 0.2) is 0 Å². The molecule has 1 aliphatic carbocycles. The van der Waals surface area contributed by atoms with E-state index in [-0.39, 0.29) is 0 Å². The predicted molar refractivity (Wildman–Crippen MR) is 124 cm³/mol. The summed E-state index contributed by atoms with van der Waals surface area (Å²) in [5, 5.41) is 9.70. The van der Waals surface area contributed by atoms with Crippen LogP contribution >= 0.6 is 11.0 Å². The lowest BCUT2D eigenvalue weighted by Crippen LogP contribution is -2.35. The van der Waals surface area contributed by atoms with E-state index in [9.17, 15) is 14.4 Å². The van der Waals surface area contributed by atoms with E-state index in [4.69, 9.17) is 4.74 Å². The van der Waals surface area contributed by atoms with Gasteiger partial charge in [0.25, 0.3) is 0 Å². The van der Waals surface area contributed by atoms with Crippen LogP contribution in [0.3, 0.4) is 0 Å². The second kappa shape index (κ2) is 8.01. The van der Waals surface area contributed by atoms with Crippen LogP contribution in [0.15, 0.2) is 36.4 Å². The number of hydrogen-bond acceptors (Lipinski definition) is 7. The van der Waals surface area contributed by atoms with Crippen LogP contribution in [0.4, 0.5) is 11.4 Å². The number of anilines is 2. The van der Waals surface area contributed by atoms with Crippen molar-refractivity contribution in [1.82, 2.24) is 4.90 Å². The van der Waals surface area contributed by atoms with Crippen molar-refractivity contribution in [3.8, 4) is 17.2 Å². The van der Waals surface area contributed by atoms with E-state index < -0.39 is 11.0 Å². The third-order valence-corrected chi connectivity index (χ3v) is 8.26. The van der Waals surface area contributed by atoms with Crippen molar-refractivity contribution in [3.63, 3.8) is 0 Å². The van der Waals surface area contributed by atoms with Gasteiger partial charge >= 0.3 is 0 Å². The molecule has 1 saturated heterocycles. The van der Waals surface area contributed by atoms with E-state index in [2.05, 4.69) is 17.0 Å². The number of nitriles is 1. The number of fused-ring (bicyclic) bond motifs is 1. The summed E-state index contributed by atoms with van der Waals surface area (Å²) >= 11 is 0. The van der Waals surface area contributed by atoms with Gasteiger partial charge in [0.2, 0.25) is 0 Å². The first-order chi connectivity index (χ1) is 15.0. The van der Waals surface area contributed by atoms with Gasteiger partial charge in [-0.15, -0.1) is 0 Å². The number of nitrogens with zero attached hydrogens (tertiary/aromatic N) is 4. The second-order valence-corrected chi connectivity index (χ2v) is 10.5. The topological polar surface area (TPSA) is 83.2 Å². The van der Waals surface area contributed by atoms with E-state index in [1.807, 2.05) is 30.3 Å². The Hall–Kier alpha value is -2.28. The molecular weight excluding hydrogens is 412 g/mol. The Balaban J connectivity index is 1.48. The van der Waals surface area contributed by atoms with Crippen molar-refractivity contribution in [3.05, 3.63) is 47.5 Å². The molecule has 8 heteroatoms. The summed E-state index contributed by atoms with van der Waals surface area (Å²) in [5.74, 6) is 0.535. The second-order valence-electron chi connectivity index (χ2n) is 8.58. The maximum Gasteiger partial charge on any atom is 0.0998 e. The first-order valence-corrected chi connectivity index (χ1v) is 12.2. The number of rotatable bonds is 5. The molecule has 0 atom stereocenters. The van der Waals surface area contributed by atoms with Gasteiger partial charge in [0.05, 0.1) is 36.2 Å². The fourth-order valence-corrected chi connectivity index (χ4v) is 5.88. The molecule has 7 nitrogen and oxygen atoms in total. The largest absolute Gasteiger partial charge is 0.379 e. The zero-order chi connectivity index (χ0) is 21.6. The summed E-state index contributed by atoms with van der Waals surface area (Å²) < 4.78 is 30.4. The van der Waals surface area contributed by atoms with E-state index in [1.54, 1.807) is 15.7 Å². The monoisotopic (exact) mass is 440 g/mol. The Labute approximate surface area is 185 Å². The predicted octanol–water partition coefficient (Wildman–Crippen LogP) is 4.30. The van der Waals surface area contributed by atoms with Gasteiger partial charge < -0.3 is 4.74 Å². The minimum atomic E-state index is -3.04. The van der Waals surface area contributed by atoms with Gasteiger partial charge in [-0.25, -0.2) is 0 Å². The summed E-state index contributed by atoms with van der Waals surface area (Å²) in [5.41, 5.74) is 5.20. The fraction of sp³-hybridized carbons (Fsp3) is 0.435. The molecule has 2 N–H and O–H groups in total. The van der Waals surface area contributed by atoms with Crippen molar-refractivity contribution in [1.29, 1.82) is 5.26 Å². The molecule has 2 aromatic carbocycles. The zero-order valence-corrected chi connectivity index (χ0v) is 18.5. The molecule has 2 aliphatic heterocycles. The van der Waals surface area contributed by atoms with Crippen LogP contribution in [0.2, 0.25) is 0 Å². The zero-order valence-electron chi connectivity index (χ0n) is 17.7. The molecule has 0 unspecified atom stereocenters. The average Bonchev–Trinajstić information content (AvgIpc) is 3.58. The van der Waals surface area contributed by atoms with Crippen molar-refractivity contribution in [2.24, 2.45) is 5.92 Å². The Morgan fingerprint density at radius 3 is 2.58 bits per heavy atom. The van der Waals surface area contributed by atoms with Crippen LogP contribution in [0.25, 0.3) is 11.1 Å². The molecule has 0 aromatic heterocycles. The number of benzene rings is 2. The Morgan fingerprint density at radius 1 is 1.10 bits per heavy atom. The van der Waals surface area contributed by atoms with Crippen LogP contribution in [-0.4, -0.2) is 53.9 Å². The first kappa shape index (κ1) is 20.6. The summed E-state index contributed by atoms with van der Waals surface area (Å²) in [4.78, 5) is 2.36. The summed E-state index contributed by atoms with van der Waals surface area (Å²) in [6.07, 6.45) is 2.29. The van der Waals surface area contributed by atoms with Gasteiger partial charge in [-0.05, 0) is 70.7 Å². The summed E-state index contributed by atoms with van der Waals surface area (Å²) in [6, 6.07) is 14.2. The number of hydrogen-bond donors (Lipinski definition) is 2. The molecule has 2 fully saturated rings. The molecule has 31 heavy (non-hydrogen) atoms. The van der Waals surface area contributed by atoms with Gasteiger partial charge in [0.1, 0.15) is 0 Å². The van der Waals surface area contributed by atoms with Crippen molar-refractivity contribution in [2.75, 3.05) is 48.5 Å². The van der Waals surface area contributed by atoms with E-state index in [1.165, 1.54) is 0 Å². The molecular formula is C23H28N4O3S.